The zero-order chi connectivity index (χ0) is 15.7. The fourth-order valence-electron chi connectivity index (χ4n) is 2.68. The van der Waals surface area contributed by atoms with Crippen LogP contribution in [0.15, 0.2) is 0 Å². The van der Waals surface area contributed by atoms with Crippen LogP contribution in [-0.4, -0.2) is 44.5 Å². The highest BCUT2D eigenvalue weighted by Crippen LogP contribution is 2.18. The van der Waals surface area contributed by atoms with E-state index in [0.717, 1.165) is 12.8 Å². The minimum Gasteiger partial charge on any atom is -0.481 e. The molecular formula is C14H27NO5S. The lowest BCUT2D eigenvalue weighted by Gasteiger charge is -2.23. The predicted molar refractivity (Wildman–Crippen MR) is 80.6 cm³/mol. The van der Waals surface area contributed by atoms with Crippen molar-refractivity contribution in [3.05, 3.63) is 0 Å². The Labute approximate surface area is 127 Å². The van der Waals surface area contributed by atoms with Crippen LogP contribution in [0.4, 0.5) is 0 Å². The molecule has 1 aliphatic rings. The summed E-state index contributed by atoms with van der Waals surface area (Å²) in [6.45, 7) is 3.45. The van der Waals surface area contributed by atoms with E-state index in [9.17, 15) is 13.2 Å². The molecule has 21 heavy (non-hydrogen) atoms. The Morgan fingerprint density at radius 3 is 2.52 bits per heavy atom. The van der Waals surface area contributed by atoms with Gasteiger partial charge in [0.25, 0.3) is 0 Å². The van der Waals surface area contributed by atoms with Gasteiger partial charge < -0.3 is 9.84 Å². The Morgan fingerprint density at radius 2 is 1.95 bits per heavy atom. The van der Waals surface area contributed by atoms with E-state index in [0.29, 0.717) is 45.4 Å². The van der Waals surface area contributed by atoms with Crippen LogP contribution in [-0.2, 0) is 19.6 Å². The molecular weight excluding hydrogens is 294 g/mol. The SMILES string of the molecule is CCCC(CCNS(=O)(=O)C1CCOCC1)CCC(=O)O. The molecule has 0 aromatic rings. The van der Waals surface area contributed by atoms with Gasteiger partial charge >= 0.3 is 5.97 Å². The zero-order valence-corrected chi connectivity index (χ0v) is 13.5. The van der Waals surface area contributed by atoms with Gasteiger partial charge in [0.1, 0.15) is 0 Å². The van der Waals surface area contributed by atoms with E-state index in [1.807, 2.05) is 0 Å². The summed E-state index contributed by atoms with van der Waals surface area (Å²) in [4.78, 5) is 10.6. The fraction of sp³-hybridized carbons (Fsp3) is 0.929. The van der Waals surface area contributed by atoms with Gasteiger partial charge in [-0.3, -0.25) is 4.79 Å². The topological polar surface area (TPSA) is 92.7 Å². The minimum atomic E-state index is -3.27. The molecule has 7 heteroatoms. The molecule has 124 valence electrons. The summed E-state index contributed by atoms with van der Waals surface area (Å²) in [5, 5.41) is 8.38. The molecule has 1 rings (SSSR count). The highest BCUT2D eigenvalue weighted by Gasteiger charge is 2.27. The third-order valence-electron chi connectivity index (χ3n) is 3.93. The van der Waals surface area contributed by atoms with Crippen LogP contribution in [0.25, 0.3) is 0 Å². The van der Waals surface area contributed by atoms with Crippen LogP contribution in [0.3, 0.4) is 0 Å². The largest absolute Gasteiger partial charge is 0.481 e. The van der Waals surface area contributed by atoms with Crippen LogP contribution >= 0.6 is 0 Å². The second kappa shape index (κ2) is 9.38. The van der Waals surface area contributed by atoms with Crippen LogP contribution in [0.2, 0.25) is 0 Å². The predicted octanol–water partition coefficient (Wildman–Crippen LogP) is 1.76. The Kier molecular flexibility index (Phi) is 8.21. The Balaban J connectivity index is 2.35. The molecule has 6 nitrogen and oxygen atoms in total. The number of carboxylic acid groups (broad SMARTS) is 1. The lowest BCUT2D eigenvalue weighted by molar-refractivity contribution is -0.137. The molecule has 1 saturated heterocycles. The molecule has 0 aliphatic carbocycles. The van der Waals surface area contributed by atoms with E-state index >= 15 is 0 Å². The van der Waals surface area contributed by atoms with Gasteiger partial charge in [0.2, 0.25) is 10.0 Å². The summed E-state index contributed by atoms with van der Waals surface area (Å²) < 4.78 is 32.1. The standard InChI is InChI=1S/C14H27NO5S/c1-2-3-12(4-5-14(16)17)6-9-15-21(18,19)13-7-10-20-11-8-13/h12-13,15H,2-11H2,1H3,(H,16,17). The smallest absolute Gasteiger partial charge is 0.303 e. The molecule has 0 aromatic heterocycles. The number of ether oxygens (including phenoxy) is 1. The van der Waals surface area contributed by atoms with E-state index in [4.69, 9.17) is 9.84 Å². The molecule has 1 heterocycles. The van der Waals surface area contributed by atoms with Gasteiger partial charge in [-0.15, -0.1) is 0 Å². The monoisotopic (exact) mass is 321 g/mol. The maximum absolute atomic E-state index is 12.1. The van der Waals surface area contributed by atoms with Gasteiger partial charge in [-0.25, -0.2) is 13.1 Å². The van der Waals surface area contributed by atoms with Crippen LogP contribution in [0.1, 0.15) is 51.9 Å². The molecule has 0 radical (unpaired) electrons. The van der Waals surface area contributed by atoms with Crippen LogP contribution in [0, 0.1) is 5.92 Å². The Hall–Kier alpha value is -0.660. The van der Waals surface area contributed by atoms with Crippen LogP contribution < -0.4 is 4.72 Å². The van der Waals surface area contributed by atoms with E-state index in [1.165, 1.54) is 0 Å². The van der Waals surface area contributed by atoms with Crippen molar-refractivity contribution < 1.29 is 23.1 Å². The summed E-state index contributed by atoms with van der Waals surface area (Å²) >= 11 is 0. The third kappa shape index (κ3) is 7.24. The molecule has 0 bridgehead atoms. The number of aliphatic carboxylic acids is 1. The number of hydrogen-bond acceptors (Lipinski definition) is 4. The molecule has 1 fully saturated rings. The van der Waals surface area contributed by atoms with Gasteiger partial charge in [-0.2, -0.15) is 0 Å². The molecule has 0 amide bonds. The van der Waals surface area contributed by atoms with Crippen molar-refractivity contribution in [3.8, 4) is 0 Å². The first-order valence-corrected chi connectivity index (χ1v) is 9.28. The number of carboxylic acids is 1. The second-order valence-electron chi connectivity index (χ2n) is 5.63. The maximum Gasteiger partial charge on any atom is 0.303 e. The van der Waals surface area contributed by atoms with Gasteiger partial charge in [0, 0.05) is 26.2 Å². The summed E-state index contributed by atoms with van der Waals surface area (Å²) in [6.07, 6.45) is 4.48. The lowest BCUT2D eigenvalue weighted by atomic mass is 9.95. The number of rotatable bonds is 10. The molecule has 1 unspecified atom stereocenters. The number of nitrogens with one attached hydrogen (secondary N) is 1. The highest BCUT2D eigenvalue weighted by molar-refractivity contribution is 7.90. The first kappa shape index (κ1) is 18.4. The van der Waals surface area contributed by atoms with E-state index in [1.54, 1.807) is 0 Å². The summed E-state index contributed by atoms with van der Waals surface area (Å²) in [5.41, 5.74) is 0. The highest BCUT2D eigenvalue weighted by atomic mass is 32.2. The Bertz CT molecular complexity index is 404. The quantitative estimate of drug-likeness (QED) is 0.639. The van der Waals surface area contributed by atoms with Crippen molar-refractivity contribution in [2.45, 2.75) is 57.1 Å². The maximum atomic E-state index is 12.1. The summed E-state index contributed by atoms with van der Waals surface area (Å²) in [6, 6.07) is 0. The van der Waals surface area contributed by atoms with Gasteiger partial charge in [-0.05, 0) is 31.6 Å². The minimum absolute atomic E-state index is 0.150. The van der Waals surface area contributed by atoms with Crippen molar-refractivity contribution in [2.75, 3.05) is 19.8 Å². The summed E-state index contributed by atoms with van der Waals surface area (Å²) in [5.74, 6) is -0.526. The van der Waals surface area contributed by atoms with E-state index in [2.05, 4.69) is 11.6 Å². The van der Waals surface area contributed by atoms with Crippen molar-refractivity contribution >= 4 is 16.0 Å². The van der Waals surface area contributed by atoms with Crippen LogP contribution in [0.5, 0.6) is 0 Å². The molecule has 0 saturated carbocycles. The molecule has 2 N–H and O–H groups in total. The number of hydrogen-bond donors (Lipinski definition) is 2. The Morgan fingerprint density at radius 1 is 1.29 bits per heavy atom. The molecule has 0 spiro atoms. The molecule has 1 atom stereocenters. The summed E-state index contributed by atoms with van der Waals surface area (Å²) in [7, 11) is -3.27. The molecule has 0 aromatic carbocycles. The number of carbonyl (C=O) groups is 1. The average molecular weight is 321 g/mol. The average Bonchev–Trinajstić information content (AvgIpc) is 2.45. The van der Waals surface area contributed by atoms with Crippen molar-refractivity contribution in [2.24, 2.45) is 5.92 Å². The fourth-order valence-corrected chi connectivity index (χ4v) is 4.13. The second-order valence-corrected chi connectivity index (χ2v) is 7.67. The normalized spacial score (nSPS) is 18.5. The van der Waals surface area contributed by atoms with Gasteiger partial charge in [0.05, 0.1) is 5.25 Å². The number of sulfonamides is 1. The first-order chi connectivity index (χ1) is 9.95. The van der Waals surface area contributed by atoms with Crippen molar-refractivity contribution in [3.63, 3.8) is 0 Å². The van der Waals surface area contributed by atoms with Crippen molar-refractivity contribution in [1.82, 2.24) is 4.72 Å². The first-order valence-electron chi connectivity index (χ1n) is 7.73. The van der Waals surface area contributed by atoms with E-state index in [-0.39, 0.29) is 17.6 Å². The lowest BCUT2D eigenvalue weighted by Crippen LogP contribution is -2.38. The third-order valence-corrected chi connectivity index (χ3v) is 5.88. The van der Waals surface area contributed by atoms with Gasteiger partial charge in [0.15, 0.2) is 0 Å². The zero-order valence-electron chi connectivity index (χ0n) is 12.7. The van der Waals surface area contributed by atoms with Crippen molar-refractivity contribution in [1.29, 1.82) is 0 Å². The van der Waals surface area contributed by atoms with Gasteiger partial charge in [-0.1, -0.05) is 19.8 Å². The molecule has 1 aliphatic heterocycles. The van der Waals surface area contributed by atoms with E-state index < -0.39 is 16.0 Å².